The SMILES string of the molecule is COC[C@H](N)C(=O)NNC(=O)C(CC(N)=O)NC(=O)N[C@H](C(=O)O)C(C)O. The van der Waals surface area contributed by atoms with Crippen molar-refractivity contribution >= 4 is 29.7 Å². The molecule has 0 aromatic rings. The highest BCUT2D eigenvalue weighted by molar-refractivity contribution is 5.93. The Morgan fingerprint density at radius 3 is 2.07 bits per heavy atom. The van der Waals surface area contributed by atoms with Crippen LogP contribution in [0.15, 0.2) is 0 Å². The molecular formula is C13H24N6O8. The van der Waals surface area contributed by atoms with Crippen LogP contribution in [0.25, 0.3) is 0 Å². The molecule has 0 bridgehead atoms. The summed E-state index contributed by atoms with van der Waals surface area (Å²) in [6.07, 6.45) is -2.08. The monoisotopic (exact) mass is 392 g/mol. The number of amides is 5. The van der Waals surface area contributed by atoms with Crippen LogP contribution in [0.1, 0.15) is 13.3 Å². The number of hydrazine groups is 1. The van der Waals surface area contributed by atoms with Gasteiger partial charge in [-0.2, -0.15) is 0 Å². The molecule has 0 heterocycles. The first-order chi connectivity index (χ1) is 12.5. The maximum absolute atomic E-state index is 12.0. The Labute approximate surface area is 153 Å². The van der Waals surface area contributed by atoms with E-state index in [0.29, 0.717) is 0 Å². The maximum atomic E-state index is 12.0. The van der Waals surface area contributed by atoms with Crippen LogP contribution in [0.5, 0.6) is 0 Å². The molecule has 14 nitrogen and oxygen atoms in total. The van der Waals surface area contributed by atoms with Crippen LogP contribution in [0.4, 0.5) is 4.79 Å². The Morgan fingerprint density at radius 1 is 1.07 bits per heavy atom. The first-order valence-corrected chi connectivity index (χ1v) is 7.60. The molecule has 5 amide bonds. The van der Waals surface area contributed by atoms with Gasteiger partial charge in [0.1, 0.15) is 12.1 Å². The molecule has 0 aliphatic carbocycles. The summed E-state index contributed by atoms with van der Waals surface area (Å²) in [6.45, 7) is 1.01. The zero-order valence-electron chi connectivity index (χ0n) is 14.7. The molecule has 27 heavy (non-hydrogen) atoms. The first kappa shape index (κ1) is 24.0. The van der Waals surface area contributed by atoms with Crippen molar-refractivity contribution in [3.05, 3.63) is 0 Å². The smallest absolute Gasteiger partial charge is 0.328 e. The predicted octanol–water partition coefficient (Wildman–Crippen LogP) is -4.52. The van der Waals surface area contributed by atoms with E-state index in [1.165, 1.54) is 7.11 Å². The molecule has 0 radical (unpaired) electrons. The molecule has 0 rings (SSSR count). The molecule has 0 aliphatic heterocycles. The van der Waals surface area contributed by atoms with Gasteiger partial charge in [-0.05, 0) is 6.92 Å². The Balaban J connectivity index is 4.88. The number of nitrogens with two attached hydrogens (primary N) is 2. The van der Waals surface area contributed by atoms with E-state index in [-0.39, 0.29) is 6.61 Å². The van der Waals surface area contributed by atoms with Gasteiger partial charge >= 0.3 is 12.0 Å². The van der Waals surface area contributed by atoms with Gasteiger partial charge in [-0.15, -0.1) is 0 Å². The number of methoxy groups -OCH3 is 1. The summed E-state index contributed by atoms with van der Waals surface area (Å²) < 4.78 is 4.67. The van der Waals surface area contributed by atoms with Gasteiger partial charge in [0.2, 0.25) is 5.91 Å². The molecule has 4 atom stereocenters. The van der Waals surface area contributed by atoms with Crippen LogP contribution in [-0.4, -0.2) is 77.9 Å². The molecule has 0 saturated carbocycles. The fourth-order valence-electron chi connectivity index (χ4n) is 1.70. The van der Waals surface area contributed by atoms with Gasteiger partial charge in [0.25, 0.3) is 11.8 Å². The maximum Gasteiger partial charge on any atom is 0.328 e. The average molecular weight is 392 g/mol. The molecule has 0 aliphatic rings. The number of aliphatic hydroxyl groups is 1. The second kappa shape index (κ2) is 11.6. The summed E-state index contributed by atoms with van der Waals surface area (Å²) in [6, 6.07) is -5.44. The molecule has 0 aromatic carbocycles. The number of urea groups is 1. The Morgan fingerprint density at radius 2 is 1.63 bits per heavy atom. The van der Waals surface area contributed by atoms with Crippen molar-refractivity contribution in [1.82, 2.24) is 21.5 Å². The molecule has 0 saturated heterocycles. The number of carboxylic acids is 1. The number of aliphatic hydroxyl groups excluding tert-OH is 1. The zero-order chi connectivity index (χ0) is 21.1. The van der Waals surface area contributed by atoms with E-state index in [4.69, 9.17) is 16.6 Å². The van der Waals surface area contributed by atoms with Crippen LogP contribution >= 0.6 is 0 Å². The highest BCUT2D eigenvalue weighted by atomic mass is 16.5. The van der Waals surface area contributed by atoms with Crippen molar-refractivity contribution < 1.29 is 38.9 Å². The third-order valence-corrected chi connectivity index (χ3v) is 3.05. The highest BCUT2D eigenvalue weighted by Crippen LogP contribution is 1.96. The minimum absolute atomic E-state index is 0.122. The van der Waals surface area contributed by atoms with E-state index in [2.05, 4.69) is 4.74 Å². The lowest BCUT2D eigenvalue weighted by atomic mass is 10.1. The van der Waals surface area contributed by atoms with Crippen LogP contribution in [0.2, 0.25) is 0 Å². The van der Waals surface area contributed by atoms with Crippen molar-refractivity contribution in [1.29, 1.82) is 0 Å². The molecule has 14 heteroatoms. The van der Waals surface area contributed by atoms with Crippen molar-refractivity contribution in [3.8, 4) is 0 Å². The van der Waals surface area contributed by atoms with Crippen molar-refractivity contribution in [3.63, 3.8) is 0 Å². The van der Waals surface area contributed by atoms with Crippen molar-refractivity contribution in [2.75, 3.05) is 13.7 Å². The molecular weight excluding hydrogens is 368 g/mol. The Kier molecular flexibility index (Phi) is 10.3. The van der Waals surface area contributed by atoms with Crippen LogP contribution in [-0.2, 0) is 23.9 Å². The van der Waals surface area contributed by atoms with Crippen LogP contribution < -0.4 is 33.0 Å². The van der Waals surface area contributed by atoms with Crippen molar-refractivity contribution in [2.24, 2.45) is 11.5 Å². The van der Waals surface area contributed by atoms with Crippen molar-refractivity contribution in [2.45, 2.75) is 37.6 Å². The zero-order valence-corrected chi connectivity index (χ0v) is 14.7. The number of primary amides is 1. The van der Waals surface area contributed by atoms with Gasteiger partial charge in [0, 0.05) is 7.11 Å². The van der Waals surface area contributed by atoms with E-state index >= 15 is 0 Å². The second-order valence-corrected chi connectivity index (χ2v) is 5.44. The summed E-state index contributed by atoms with van der Waals surface area (Å²) in [4.78, 5) is 57.5. The second-order valence-electron chi connectivity index (χ2n) is 5.44. The van der Waals surface area contributed by atoms with Gasteiger partial charge in [0.05, 0.1) is 19.1 Å². The van der Waals surface area contributed by atoms with E-state index in [1.807, 2.05) is 21.5 Å². The number of rotatable bonds is 10. The molecule has 0 spiro atoms. The topological polar surface area (TPSA) is 235 Å². The van der Waals surface area contributed by atoms with Gasteiger partial charge in [-0.1, -0.05) is 0 Å². The first-order valence-electron chi connectivity index (χ1n) is 7.60. The predicted molar refractivity (Wildman–Crippen MR) is 88.5 cm³/mol. The molecule has 0 fully saturated rings. The highest BCUT2D eigenvalue weighted by Gasteiger charge is 2.28. The summed E-state index contributed by atoms with van der Waals surface area (Å²) >= 11 is 0. The summed E-state index contributed by atoms with van der Waals surface area (Å²) in [7, 11) is 1.31. The number of hydrogen-bond donors (Lipinski definition) is 8. The summed E-state index contributed by atoms with van der Waals surface area (Å²) in [5.74, 6) is -4.29. The van der Waals surface area contributed by atoms with Gasteiger partial charge < -0.3 is 37.1 Å². The molecule has 0 aromatic heterocycles. The third kappa shape index (κ3) is 9.34. The Bertz CT molecular complexity index is 569. The summed E-state index contributed by atoms with van der Waals surface area (Å²) in [5.41, 5.74) is 14.4. The number of ether oxygens (including phenoxy) is 1. The molecule has 2 unspecified atom stereocenters. The minimum Gasteiger partial charge on any atom is -0.480 e. The van der Waals surface area contributed by atoms with Gasteiger partial charge in [-0.3, -0.25) is 25.2 Å². The number of hydrogen-bond acceptors (Lipinski definition) is 8. The average Bonchev–Trinajstić information content (AvgIpc) is 2.55. The quantitative estimate of drug-likeness (QED) is 0.167. The van der Waals surface area contributed by atoms with E-state index in [1.54, 1.807) is 0 Å². The normalized spacial score (nSPS) is 14.8. The van der Waals surface area contributed by atoms with Gasteiger partial charge in [0.15, 0.2) is 6.04 Å². The van der Waals surface area contributed by atoms with E-state index in [0.717, 1.165) is 6.92 Å². The lowest BCUT2D eigenvalue weighted by Gasteiger charge is -2.21. The lowest BCUT2D eigenvalue weighted by molar-refractivity contribution is -0.141. The number of aliphatic carboxylic acids is 1. The fourth-order valence-corrected chi connectivity index (χ4v) is 1.70. The lowest BCUT2D eigenvalue weighted by Crippen LogP contribution is -2.59. The molecule has 154 valence electrons. The summed E-state index contributed by atoms with van der Waals surface area (Å²) in [5, 5.41) is 22.2. The fraction of sp³-hybridized carbons (Fsp3) is 0.615. The number of carbonyl (C=O) groups excluding carboxylic acids is 4. The number of carbonyl (C=O) groups is 5. The number of carboxylic acid groups (broad SMARTS) is 1. The van der Waals surface area contributed by atoms with E-state index in [9.17, 15) is 29.1 Å². The number of nitrogens with one attached hydrogen (secondary N) is 4. The largest absolute Gasteiger partial charge is 0.480 e. The minimum atomic E-state index is -1.66. The van der Waals surface area contributed by atoms with Crippen LogP contribution in [0.3, 0.4) is 0 Å². The van der Waals surface area contributed by atoms with Crippen LogP contribution in [0, 0.1) is 0 Å². The Hall–Kier alpha value is -2.97. The van der Waals surface area contributed by atoms with Gasteiger partial charge in [-0.25, -0.2) is 9.59 Å². The standard InChI is InChI=1S/C13H24N6O8/c1-5(20)9(12(24)25)17-13(26)16-7(3-8(15)21)11(23)19-18-10(22)6(14)4-27-2/h5-7,9,20H,3-4,14H2,1-2H3,(H2,15,21)(H,18,22)(H,19,23)(H,24,25)(H2,16,17,26)/t5?,6-,7?,9-/m0/s1. The molecule has 10 N–H and O–H groups in total. The third-order valence-electron chi connectivity index (χ3n) is 3.05. The van der Waals surface area contributed by atoms with E-state index < -0.39 is 60.4 Å².